The lowest BCUT2D eigenvalue weighted by molar-refractivity contribution is 0.0588. The number of alkyl halides is 2. The average Bonchev–Trinajstić information content (AvgIpc) is 2.18. The zero-order chi connectivity index (χ0) is 10.6. The van der Waals surface area contributed by atoms with Crippen LogP contribution in [-0.4, -0.2) is 63.2 Å². The molecule has 0 radical (unpaired) electrons. The van der Waals surface area contributed by atoms with Crippen LogP contribution >= 0.6 is 23.2 Å². The normalized spacial score (nSPS) is 11.1. The van der Waals surface area contributed by atoms with Crippen LogP contribution in [0.4, 0.5) is 0 Å². The topological polar surface area (TPSA) is 21.7 Å². The highest BCUT2D eigenvalue weighted by atomic mass is 35.5. The van der Waals surface area contributed by atoms with Gasteiger partial charge in [0.05, 0.1) is 19.8 Å². The zero-order valence-electron chi connectivity index (χ0n) is 8.68. The van der Waals surface area contributed by atoms with E-state index in [-0.39, 0.29) is 0 Å². The summed E-state index contributed by atoms with van der Waals surface area (Å²) in [4.78, 5) is 2.19. The van der Waals surface area contributed by atoms with Gasteiger partial charge in [0.25, 0.3) is 0 Å². The highest BCUT2D eigenvalue weighted by molar-refractivity contribution is 6.18. The molecule has 0 aromatic carbocycles. The Bertz CT molecular complexity index is 111. The summed E-state index contributed by atoms with van der Waals surface area (Å²) in [6, 6.07) is 0. The molecule has 3 nitrogen and oxygen atoms in total. The molecule has 86 valence electrons. The van der Waals surface area contributed by atoms with Gasteiger partial charge in [0, 0.05) is 38.5 Å². The Balaban J connectivity index is 3.30. The lowest BCUT2D eigenvalue weighted by Crippen LogP contribution is -2.31. The van der Waals surface area contributed by atoms with E-state index < -0.39 is 0 Å². The van der Waals surface area contributed by atoms with Crippen LogP contribution in [0.5, 0.6) is 0 Å². The first-order valence-electron chi connectivity index (χ1n) is 4.76. The quantitative estimate of drug-likeness (QED) is 0.428. The van der Waals surface area contributed by atoms with Gasteiger partial charge in [-0.25, -0.2) is 0 Å². The predicted octanol–water partition coefficient (Wildman–Crippen LogP) is 1.43. The van der Waals surface area contributed by atoms with Crippen molar-refractivity contribution in [1.29, 1.82) is 0 Å². The molecule has 0 bridgehead atoms. The van der Waals surface area contributed by atoms with Crippen LogP contribution in [0, 0.1) is 0 Å². The number of hydrogen-bond acceptors (Lipinski definition) is 3. The molecule has 0 aromatic rings. The van der Waals surface area contributed by atoms with Crippen LogP contribution in [0.2, 0.25) is 0 Å². The van der Waals surface area contributed by atoms with E-state index in [1.165, 1.54) is 0 Å². The molecule has 0 aromatic heterocycles. The summed E-state index contributed by atoms with van der Waals surface area (Å²) in [5, 5.41) is 0. The largest absolute Gasteiger partial charge is 0.382 e. The number of rotatable bonds is 10. The Kier molecular flexibility index (Phi) is 11.9. The monoisotopic (exact) mass is 243 g/mol. The van der Waals surface area contributed by atoms with Crippen molar-refractivity contribution in [2.75, 3.05) is 58.3 Å². The molecule has 0 saturated carbocycles. The number of hydrogen-bond donors (Lipinski definition) is 0. The average molecular weight is 244 g/mol. The highest BCUT2D eigenvalue weighted by Gasteiger charge is 2.02. The van der Waals surface area contributed by atoms with Crippen molar-refractivity contribution >= 4 is 23.2 Å². The van der Waals surface area contributed by atoms with Gasteiger partial charge in [0.15, 0.2) is 0 Å². The maximum atomic E-state index is 5.65. The van der Waals surface area contributed by atoms with Crippen LogP contribution in [0.25, 0.3) is 0 Å². The van der Waals surface area contributed by atoms with Crippen molar-refractivity contribution in [3.05, 3.63) is 0 Å². The Labute approximate surface area is 96.3 Å². The molecule has 0 amide bonds. The van der Waals surface area contributed by atoms with E-state index in [2.05, 4.69) is 4.90 Å². The third kappa shape index (κ3) is 9.03. The van der Waals surface area contributed by atoms with Crippen LogP contribution in [0.3, 0.4) is 0 Å². The highest BCUT2D eigenvalue weighted by Crippen LogP contribution is 1.92. The number of halogens is 2. The molecule has 0 spiro atoms. The predicted molar refractivity (Wildman–Crippen MR) is 60.6 cm³/mol. The molecular formula is C9H19Cl2NO2. The van der Waals surface area contributed by atoms with Gasteiger partial charge in [0.1, 0.15) is 0 Å². The van der Waals surface area contributed by atoms with Crippen molar-refractivity contribution < 1.29 is 9.47 Å². The van der Waals surface area contributed by atoms with Crippen molar-refractivity contribution in [1.82, 2.24) is 4.90 Å². The summed E-state index contributed by atoms with van der Waals surface area (Å²) in [6.45, 7) is 4.60. The van der Waals surface area contributed by atoms with E-state index in [4.69, 9.17) is 32.7 Å². The third-order valence-electron chi connectivity index (χ3n) is 1.79. The van der Waals surface area contributed by atoms with Gasteiger partial charge in [0.2, 0.25) is 0 Å². The summed E-state index contributed by atoms with van der Waals surface area (Å²) in [7, 11) is 1.66. The zero-order valence-corrected chi connectivity index (χ0v) is 10.2. The molecule has 0 aliphatic heterocycles. The fraction of sp³-hybridized carbons (Fsp3) is 1.00. The molecule has 0 N–H and O–H groups in total. The summed E-state index contributed by atoms with van der Waals surface area (Å²) in [5.41, 5.74) is 0. The van der Waals surface area contributed by atoms with E-state index in [0.29, 0.717) is 31.6 Å². The second-order valence-corrected chi connectivity index (χ2v) is 3.58. The minimum atomic E-state index is 0.634. The molecule has 0 saturated heterocycles. The van der Waals surface area contributed by atoms with Crippen molar-refractivity contribution in [2.24, 2.45) is 0 Å². The molecule has 0 aliphatic rings. The number of methoxy groups -OCH3 is 1. The molecule has 14 heavy (non-hydrogen) atoms. The first kappa shape index (κ1) is 14.5. The number of ether oxygens (including phenoxy) is 2. The molecule has 5 heteroatoms. The van der Waals surface area contributed by atoms with E-state index in [0.717, 1.165) is 19.6 Å². The lowest BCUT2D eigenvalue weighted by Gasteiger charge is -2.19. The molecule has 0 atom stereocenters. The molecule has 0 fully saturated rings. The molecule has 0 aliphatic carbocycles. The van der Waals surface area contributed by atoms with Gasteiger partial charge in [-0.2, -0.15) is 0 Å². The second-order valence-electron chi connectivity index (χ2n) is 2.82. The second kappa shape index (κ2) is 11.5. The van der Waals surface area contributed by atoms with Gasteiger partial charge in [-0.15, -0.1) is 23.2 Å². The van der Waals surface area contributed by atoms with E-state index >= 15 is 0 Å². The van der Waals surface area contributed by atoms with Crippen molar-refractivity contribution in [3.63, 3.8) is 0 Å². The summed E-state index contributed by atoms with van der Waals surface area (Å²) >= 11 is 11.3. The smallest absolute Gasteiger partial charge is 0.0700 e. The minimum Gasteiger partial charge on any atom is -0.382 e. The SMILES string of the molecule is COCCOCCN(CCCl)CCCl. The Morgan fingerprint density at radius 2 is 1.57 bits per heavy atom. The third-order valence-corrected chi connectivity index (χ3v) is 2.12. The summed E-state index contributed by atoms with van der Waals surface area (Å²) < 4.78 is 10.2. The van der Waals surface area contributed by atoms with E-state index in [1.807, 2.05) is 0 Å². The van der Waals surface area contributed by atoms with Crippen LogP contribution in [0.1, 0.15) is 0 Å². The first-order chi connectivity index (χ1) is 6.85. The molecule has 0 unspecified atom stereocenters. The molecular weight excluding hydrogens is 225 g/mol. The fourth-order valence-corrected chi connectivity index (χ4v) is 1.49. The molecule has 0 rings (SSSR count). The van der Waals surface area contributed by atoms with E-state index in [1.54, 1.807) is 7.11 Å². The van der Waals surface area contributed by atoms with Crippen LogP contribution in [-0.2, 0) is 9.47 Å². The van der Waals surface area contributed by atoms with E-state index in [9.17, 15) is 0 Å². The maximum absolute atomic E-state index is 5.65. The lowest BCUT2D eigenvalue weighted by atomic mass is 10.5. The number of nitrogens with zero attached hydrogens (tertiary/aromatic N) is 1. The van der Waals surface area contributed by atoms with Crippen molar-refractivity contribution in [2.45, 2.75) is 0 Å². The summed E-state index contributed by atoms with van der Waals surface area (Å²) in [5.74, 6) is 1.27. The van der Waals surface area contributed by atoms with Gasteiger partial charge < -0.3 is 9.47 Å². The Morgan fingerprint density at radius 1 is 0.929 bits per heavy atom. The van der Waals surface area contributed by atoms with Crippen molar-refractivity contribution in [3.8, 4) is 0 Å². The minimum absolute atomic E-state index is 0.634. The Hall–Kier alpha value is 0.460. The fourth-order valence-electron chi connectivity index (χ4n) is 1.01. The van der Waals surface area contributed by atoms with Gasteiger partial charge in [-0.1, -0.05) is 0 Å². The van der Waals surface area contributed by atoms with Gasteiger partial charge in [-0.3, -0.25) is 4.90 Å². The van der Waals surface area contributed by atoms with Crippen LogP contribution in [0.15, 0.2) is 0 Å². The summed E-state index contributed by atoms with van der Waals surface area (Å²) in [6.07, 6.45) is 0. The first-order valence-corrected chi connectivity index (χ1v) is 5.83. The molecule has 0 heterocycles. The van der Waals surface area contributed by atoms with Crippen LogP contribution < -0.4 is 0 Å². The maximum Gasteiger partial charge on any atom is 0.0700 e. The van der Waals surface area contributed by atoms with Gasteiger partial charge in [-0.05, 0) is 0 Å². The Morgan fingerprint density at radius 3 is 2.07 bits per heavy atom. The van der Waals surface area contributed by atoms with Gasteiger partial charge >= 0.3 is 0 Å². The standard InChI is InChI=1S/C9H19Cl2NO2/c1-13-8-9-14-7-6-12(4-2-10)5-3-11/h2-9H2,1H3.